The zero-order chi connectivity index (χ0) is 33.4. The van der Waals surface area contributed by atoms with Gasteiger partial charge in [-0.2, -0.15) is 12.7 Å². The standard InChI is InChI=1S/C33H43N5O6S2/c1-6-37(19-18-36(4)45(5,41)42)33(40)26-20-24-14-10-11-15-27(24)31-30(23-12-8-7-9-13-23)28-17-16-25(21-29(28)38(31)22-26)32(39)34-46(43,44)35(2)3/h10-11,14-17,20-21,23H,6-9,12-13,18-19,22H2,1-5H3,(H,34,39). The summed E-state index contributed by atoms with van der Waals surface area (Å²) in [6.45, 7) is 2.89. The number of carbonyl (C=O) groups is 2. The summed E-state index contributed by atoms with van der Waals surface area (Å²) in [5.41, 5.74) is 5.58. The van der Waals surface area contributed by atoms with Gasteiger partial charge >= 0.3 is 10.2 Å². The van der Waals surface area contributed by atoms with Crippen molar-refractivity contribution in [3.05, 3.63) is 64.7 Å². The first-order valence-corrected chi connectivity index (χ1v) is 18.9. The minimum absolute atomic E-state index is 0.167. The fraction of sp³-hybridized carbons (Fsp3) is 0.455. The molecule has 2 aliphatic rings. The number of aromatic nitrogens is 1. The van der Waals surface area contributed by atoms with Crippen LogP contribution in [0.3, 0.4) is 0 Å². The van der Waals surface area contributed by atoms with E-state index in [1.807, 2.05) is 37.3 Å². The number of sulfonamides is 1. The summed E-state index contributed by atoms with van der Waals surface area (Å²) in [5.74, 6) is -0.636. The molecular formula is C33H43N5O6S2. The first-order valence-electron chi connectivity index (χ1n) is 15.6. The molecule has 1 aliphatic carbocycles. The average molecular weight is 670 g/mol. The molecule has 0 bridgehead atoms. The van der Waals surface area contributed by atoms with Crippen LogP contribution in [0.2, 0.25) is 0 Å². The molecule has 3 aromatic rings. The monoisotopic (exact) mass is 669 g/mol. The van der Waals surface area contributed by atoms with Gasteiger partial charge in [-0.1, -0.05) is 49.6 Å². The van der Waals surface area contributed by atoms with Gasteiger partial charge in [0.15, 0.2) is 0 Å². The van der Waals surface area contributed by atoms with E-state index in [9.17, 15) is 26.4 Å². The summed E-state index contributed by atoms with van der Waals surface area (Å²) in [6.07, 6.45) is 8.57. The average Bonchev–Trinajstić information content (AvgIpc) is 3.22. The smallest absolute Gasteiger partial charge is 0.303 e. The van der Waals surface area contributed by atoms with E-state index >= 15 is 0 Å². The summed E-state index contributed by atoms with van der Waals surface area (Å²) in [7, 11) is -3.20. The van der Waals surface area contributed by atoms with Crippen molar-refractivity contribution in [2.24, 2.45) is 0 Å². The number of nitrogens with zero attached hydrogens (tertiary/aromatic N) is 4. The zero-order valence-electron chi connectivity index (χ0n) is 27.1. The van der Waals surface area contributed by atoms with Crippen LogP contribution < -0.4 is 4.72 Å². The number of benzene rings is 2. The lowest BCUT2D eigenvalue weighted by atomic mass is 9.81. The Morgan fingerprint density at radius 1 is 0.957 bits per heavy atom. The van der Waals surface area contributed by atoms with Crippen LogP contribution in [0.4, 0.5) is 0 Å². The Hall–Kier alpha value is -3.52. The molecule has 2 heterocycles. The van der Waals surface area contributed by atoms with Gasteiger partial charge in [0.25, 0.3) is 11.8 Å². The molecule has 11 nitrogen and oxygen atoms in total. The van der Waals surface area contributed by atoms with E-state index in [0.29, 0.717) is 18.0 Å². The number of hydrogen-bond donors (Lipinski definition) is 1. The predicted octanol–water partition coefficient (Wildman–Crippen LogP) is 4.03. The van der Waals surface area contributed by atoms with Crippen LogP contribution in [0.1, 0.15) is 66.4 Å². The molecule has 1 N–H and O–H groups in total. The largest absolute Gasteiger partial charge is 0.338 e. The van der Waals surface area contributed by atoms with E-state index in [-0.39, 0.29) is 31.1 Å². The van der Waals surface area contributed by atoms with Crippen LogP contribution >= 0.6 is 0 Å². The minimum atomic E-state index is -4.00. The molecule has 13 heteroatoms. The first kappa shape index (κ1) is 33.8. The molecule has 2 amide bonds. The zero-order valence-corrected chi connectivity index (χ0v) is 28.7. The molecule has 1 saturated carbocycles. The molecule has 5 rings (SSSR count). The molecule has 0 spiro atoms. The van der Waals surface area contributed by atoms with Crippen molar-refractivity contribution in [2.45, 2.75) is 51.5 Å². The third-order valence-electron chi connectivity index (χ3n) is 9.15. The van der Waals surface area contributed by atoms with Crippen LogP contribution in [0.5, 0.6) is 0 Å². The SMILES string of the molecule is CCN(CCN(C)S(C)(=O)=O)C(=O)C1=Cc2ccccc2-c2c(C3CCCCC3)c3ccc(C(=O)NS(=O)(=O)N(C)C)cc3n2C1. The van der Waals surface area contributed by atoms with Gasteiger partial charge in [-0.15, -0.1) is 0 Å². The Morgan fingerprint density at radius 2 is 1.65 bits per heavy atom. The van der Waals surface area contributed by atoms with Gasteiger partial charge in [-0.05, 0) is 55.0 Å². The van der Waals surface area contributed by atoms with Crippen molar-refractivity contribution < 1.29 is 26.4 Å². The quantitative estimate of drug-likeness (QED) is 0.347. The number of likely N-dealkylation sites (N-methyl/N-ethyl adjacent to an activating group) is 2. The van der Waals surface area contributed by atoms with E-state index in [1.165, 1.54) is 37.4 Å². The Labute approximate surface area is 272 Å². The molecule has 46 heavy (non-hydrogen) atoms. The topological polar surface area (TPSA) is 129 Å². The van der Waals surface area contributed by atoms with Gasteiger partial charge in [0.05, 0.1) is 18.5 Å². The number of amides is 2. The molecule has 1 fully saturated rings. The predicted molar refractivity (Wildman–Crippen MR) is 181 cm³/mol. The van der Waals surface area contributed by atoms with E-state index in [2.05, 4.69) is 15.4 Å². The number of fused-ring (bicyclic) bond motifs is 5. The third kappa shape index (κ3) is 6.78. The minimum Gasteiger partial charge on any atom is -0.338 e. The summed E-state index contributed by atoms with van der Waals surface area (Å²) in [5, 5.41) is 0.986. The van der Waals surface area contributed by atoms with Crippen molar-refractivity contribution in [3.63, 3.8) is 0 Å². The van der Waals surface area contributed by atoms with Crippen LogP contribution in [-0.2, 0) is 31.6 Å². The van der Waals surface area contributed by atoms with Crippen molar-refractivity contribution in [3.8, 4) is 11.3 Å². The lowest BCUT2D eigenvalue weighted by Crippen LogP contribution is -2.40. The fourth-order valence-corrected chi connectivity index (χ4v) is 7.40. The highest BCUT2D eigenvalue weighted by Gasteiger charge is 2.31. The van der Waals surface area contributed by atoms with Crippen LogP contribution in [0, 0.1) is 0 Å². The van der Waals surface area contributed by atoms with Crippen molar-refractivity contribution in [1.29, 1.82) is 0 Å². The molecule has 1 aromatic heterocycles. The maximum Gasteiger partial charge on any atom is 0.303 e. The Bertz CT molecular complexity index is 1910. The second kappa shape index (κ2) is 13.3. The summed E-state index contributed by atoms with van der Waals surface area (Å²) < 4.78 is 55.4. The molecular weight excluding hydrogens is 627 g/mol. The molecule has 0 atom stereocenters. The van der Waals surface area contributed by atoms with Gasteiger partial charge in [-0.25, -0.2) is 17.4 Å². The fourth-order valence-electron chi connectivity index (χ4n) is 6.45. The number of hydrogen-bond acceptors (Lipinski definition) is 6. The molecule has 2 aromatic carbocycles. The van der Waals surface area contributed by atoms with E-state index in [1.54, 1.807) is 17.0 Å². The molecule has 0 saturated heterocycles. The van der Waals surface area contributed by atoms with E-state index in [4.69, 9.17) is 0 Å². The third-order valence-corrected chi connectivity index (χ3v) is 11.9. The second-order valence-electron chi connectivity index (χ2n) is 12.4. The molecule has 248 valence electrons. The van der Waals surface area contributed by atoms with Crippen LogP contribution in [0.15, 0.2) is 48.0 Å². The number of carbonyl (C=O) groups excluding carboxylic acids is 2. The van der Waals surface area contributed by atoms with Crippen LogP contribution in [-0.4, -0.2) is 93.8 Å². The second-order valence-corrected chi connectivity index (χ2v) is 16.3. The van der Waals surface area contributed by atoms with Crippen LogP contribution in [0.25, 0.3) is 28.2 Å². The van der Waals surface area contributed by atoms with Crippen molar-refractivity contribution in [1.82, 2.24) is 22.8 Å². The highest BCUT2D eigenvalue weighted by atomic mass is 32.2. The number of rotatable bonds is 10. The van der Waals surface area contributed by atoms with Gasteiger partial charge in [0.1, 0.15) is 0 Å². The Morgan fingerprint density at radius 3 is 2.30 bits per heavy atom. The van der Waals surface area contributed by atoms with Gasteiger partial charge in [0.2, 0.25) is 10.0 Å². The van der Waals surface area contributed by atoms with Gasteiger partial charge < -0.3 is 9.47 Å². The lowest BCUT2D eigenvalue weighted by Gasteiger charge is -2.25. The van der Waals surface area contributed by atoms with Crippen molar-refractivity contribution >= 4 is 49.0 Å². The molecule has 1 aliphatic heterocycles. The summed E-state index contributed by atoms with van der Waals surface area (Å²) in [6, 6.07) is 13.3. The maximum atomic E-state index is 14.1. The highest BCUT2D eigenvalue weighted by molar-refractivity contribution is 7.88. The normalized spacial score (nSPS) is 15.8. The molecule has 0 unspecified atom stereocenters. The maximum absolute atomic E-state index is 14.1. The first-order chi connectivity index (χ1) is 21.7. The number of nitrogens with one attached hydrogen (secondary N) is 1. The summed E-state index contributed by atoms with van der Waals surface area (Å²) >= 11 is 0. The Balaban J connectivity index is 1.65. The molecule has 0 radical (unpaired) electrons. The van der Waals surface area contributed by atoms with E-state index < -0.39 is 26.1 Å². The Kier molecular flexibility index (Phi) is 9.78. The van der Waals surface area contributed by atoms with Crippen molar-refractivity contribution in [2.75, 3.05) is 47.0 Å². The van der Waals surface area contributed by atoms with E-state index in [0.717, 1.165) is 64.0 Å². The highest BCUT2D eigenvalue weighted by Crippen LogP contribution is 2.46. The lowest BCUT2D eigenvalue weighted by molar-refractivity contribution is -0.127. The summed E-state index contributed by atoms with van der Waals surface area (Å²) in [4.78, 5) is 29.0. The van der Waals surface area contributed by atoms with Gasteiger partial charge in [-0.3, -0.25) is 9.59 Å². The van der Waals surface area contributed by atoms with Gasteiger partial charge in [0, 0.05) is 68.4 Å².